The minimum absolute atomic E-state index is 0. The topological polar surface area (TPSA) is 58.6 Å². The van der Waals surface area contributed by atoms with Gasteiger partial charge in [0.2, 0.25) is 0 Å². The Kier molecular flexibility index (Phi) is 8.19. The van der Waals surface area contributed by atoms with Crippen molar-refractivity contribution in [1.82, 2.24) is 0 Å². The molecule has 0 aliphatic rings. The summed E-state index contributed by atoms with van der Waals surface area (Å²) in [6.07, 6.45) is 0. The predicted octanol–water partition coefficient (Wildman–Crippen LogP) is 2.21. The summed E-state index contributed by atoms with van der Waals surface area (Å²) in [4.78, 5) is 12.1. The fourth-order valence-electron chi connectivity index (χ4n) is 2.31. The van der Waals surface area contributed by atoms with Crippen LogP contribution in [0.5, 0.6) is 11.5 Å². The van der Waals surface area contributed by atoms with E-state index in [9.17, 15) is 9.46 Å². The van der Waals surface area contributed by atoms with Gasteiger partial charge in [0.15, 0.2) is 0 Å². The fraction of sp³-hybridized carbons (Fsp3) is 0.400. The SMILES string of the molecule is CC(C)(C)c1ccc(OP(=O)([O-])Oc2ccc(C(C)(C)C)cc2)cc1.[K+]. The van der Waals surface area contributed by atoms with Crippen LogP contribution in [0.4, 0.5) is 0 Å². The number of hydrogen-bond acceptors (Lipinski definition) is 4. The third-order valence-electron chi connectivity index (χ3n) is 3.88. The number of rotatable bonds is 4. The molecule has 136 valence electrons. The molecule has 0 aromatic heterocycles. The van der Waals surface area contributed by atoms with Crippen LogP contribution in [-0.4, -0.2) is 0 Å². The second-order valence-electron chi connectivity index (χ2n) is 8.18. The quantitative estimate of drug-likeness (QED) is 0.583. The van der Waals surface area contributed by atoms with E-state index < -0.39 is 7.82 Å². The second kappa shape index (κ2) is 8.91. The van der Waals surface area contributed by atoms with Crippen LogP contribution < -0.4 is 65.3 Å². The molecule has 2 rings (SSSR count). The summed E-state index contributed by atoms with van der Waals surface area (Å²) in [7, 11) is -4.50. The Morgan fingerprint density at radius 1 is 0.692 bits per heavy atom. The summed E-state index contributed by atoms with van der Waals surface area (Å²) < 4.78 is 22.2. The van der Waals surface area contributed by atoms with Crippen molar-refractivity contribution in [1.29, 1.82) is 0 Å². The number of phosphoric ester groups is 1. The van der Waals surface area contributed by atoms with Crippen molar-refractivity contribution in [2.24, 2.45) is 0 Å². The molecule has 0 aliphatic carbocycles. The van der Waals surface area contributed by atoms with Crippen molar-refractivity contribution >= 4 is 7.82 Å². The molecule has 0 bridgehead atoms. The largest absolute Gasteiger partial charge is 1.00 e. The van der Waals surface area contributed by atoms with Crippen molar-refractivity contribution in [3.63, 3.8) is 0 Å². The summed E-state index contributed by atoms with van der Waals surface area (Å²) in [5, 5.41) is 0. The molecule has 0 saturated carbocycles. The van der Waals surface area contributed by atoms with Gasteiger partial charge in [0.1, 0.15) is 11.5 Å². The first-order chi connectivity index (χ1) is 11.4. The molecule has 2 aromatic carbocycles. The molecule has 2 aromatic rings. The standard InChI is InChI=1S/C20H27O4P.K/c1-19(2,3)15-7-11-17(12-8-15)23-25(21,22)24-18-13-9-16(10-14-18)20(4,5)6;/h7-14H,1-6H3,(H,21,22);/q;+1/p-1. The third-order valence-corrected chi connectivity index (χ3v) is 4.74. The molecule has 0 atom stereocenters. The van der Waals surface area contributed by atoms with Crippen LogP contribution in [0.25, 0.3) is 0 Å². The number of hydrogen-bond donors (Lipinski definition) is 0. The van der Waals surface area contributed by atoms with E-state index in [4.69, 9.17) is 9.05 Å². The Labute approximate surface area is 199 Å². The van der Waals surface area contributed by atoms with Crippen LogP contribution in [0.1, 0.15) is 52.7 Å². The predicted molar refractivity (Wildman–Crippen MR) is 99.1 cm³/mol. The average Bonchev–Trinajstić information content (AvgIpc) is 2.45. The van der Waals surface area contributed by atoms with E-state index in [0.29, 0.717) is 0 Å². The summed E-state index contributed by atoms with van der Waals surface area (Å²) in [6.45, 7) is 12.5. The zero-order valence-corrected chi connectivity index (χ0v) is 20.7. The Morgan fingerprint density at radius 3 is 1.19 bits per heavy atom. The maximum atomic E-state index is 12.1. The van der Waals surface area contributed by atoms with Crippen LogP contribution in [0.3, 0.4) is 0 Å². The first-order valence-electron chi connectivity index (χ1n) is 8.28. The maximum Gasteiger partial charge on any atom is 1.00 e. The van der Waals surface area contributed by atoms with Gasteiger partial charge in [-0.15, -0.1) is 0 Å². The van der Waals surface area contributed by atoms with Gasteiger partial charge in [0, 0.05) is 0 Å². The summed E-state index contributed by atoms with van der Waals surface area (Å²) in [6, 6.07) is 14.0. The van der Waals surface area contributed by atoms with Crippen LogP contribution in [0.15, 0.2) is 48.5 Å². The summed E-state index contributed by atoms with van der Waals surface area (Å²) in [5.41, 5.74) is 2.18. The van der Waals surface area contributed by atoms with Crippen molar-refractivity contribution in [2.45, 2.75) is 52.4 Å². The van der Waals surface area contributed by atoms with Crippen LogP contribution >= 0.6 is 7.82 Å². The Hall–Kier alpha value is -0.134. The smallest absolute Gasteiger partial charge is 0.736 e. The van der Waals surface area contributed by atoms with Crippen LogP contribution in [0, 0.1) is 0 Å². The average molecular weight is 400 g/mol. The van der Waals surface area contributed by atoms with E-state index >= 15 is 0 Å². The minimum Gasteiger partial charge on any atom is -0.736 e. The van der Waals surface area contributed by atoms with Crippen molar-refractivity contribution < 1.29 is 69.9 Å². The summed E-state index contributed by atoms with van der Waals surface area (Å²) >= 11 is 0. The molecule has 0 heterocycles. The van der Waals surface area contributed by atoms with Gasteiger partial charge >= 0.3 is 59.2 Å². The molecule has 0 radical (unpaired) electrons. The van der Waals surface area contributed by atoms with Crippen molar-refractivity contribution in [3.8, 4) is 11.5 Å². The second-order valence-corrected chi connectivity index (χ2v) is 9.44. The minimum atomic E-state index is -4.50. The van der Waals surface area contributed by atoms with Gasteiger partial charge in [-0.3, -0.25) is 0 Å². The number of phosphoric acid groups is 1. The van der Waals surface area contributed by atoms with E-state index in [1.54, 1.807) is 24.3 Å². The normalized spacial score (nSPS) is 12.3. The molecule has 0 spiro atoms. The first kappa shape index (κ1) is 23.9. The molecule has 0 amide bonds. The molecule has 26 heavy (non-hydrogen) atoms. The number of benzene rings is 2. The van der Waals surface area contributed by atoms with Crippen molar-refractivity contribution in [3.05, 3.63) is 59.7 Å². The van der Waals surface area contributed by atoms with Crippen LogP contribution in [0.2, 0.25) is 0 Å². The van der Waals surface area contributed by atoms with Gasteiger partial charge in [-0.2, -0.15) is 0 Å². The molecule has 0 saturated heterocycles. The van der Waals surface area contributed by atoms with E-state index in [1.165, 1.54) is 0 Å². The van der Waals surface area contributed by atoms with Crippen molar-refractivity contribution in [2.75, 3.05) is 0 Å². The monoisotopic (exact) mass is 400 g/mol. The Morgan fingerprint density at radius 2 is 0.962 bits per heavy atom. The molecule has 0 aliphatic heterocycles. The summed E-state index contributed by atoms with van der Waals surface area (Å²) in [5.74, 6) is 0.468. The van der Waals surface area contributed by atoms with E-state index in [-0.39, 0.29) is 73.7 Å². The van der Waals surface area contributed by atoms with Gasteiger partial charge in [-0.05, 0) is 46.2 Å². The first-order valence-corrected chi connectivity index (χ1v) is 9.74. The Balaban J connectivity index is 0.00000338. The molecule has 4 nitrogen and oxygen atoms in total. The molecule has 0 N–H and O–H groups in total. The molecule has 0 unspecified atom stereocenters. The molecular formula is C20H26KO4P. The Bertz CT molecular complexity index is 693. The van der Waals surface area contributed by atoms with Gasteiger partial charge in [-0.25, -0.2) is 4.57 Å². The van der Waals surface area contributed by atoms with E-state index in [2.05, 4.69) is 41.5 Å². The van der Waals surface area contributed by atoms with Gasteiger partial charge in [-0.1, -0.05) is 65.8 Å². The van der Waals surface area contributed by atoms with Gasteiger partial charge < -0.3 is 13.9 Å². The third kappa shape index (κ3) is 7.12. The van der Waals surface area contributed by atoms with E-state index in [1.807, 2.05) is 24.3 Å². The van der Waals surface area contributed by atoms with Crippen LogP contribution in [-0.2, 0) is 15.4 Å². The van der Waals surface area contributed by atoms with Gasteiger partial charge in [0.25, 0.3) is 0 Å². The molecule has 6 heteroatoms. The fourth-order valence-corrected chi connectivity index (χ4v) is 3.11. The maximum absolute atomic E-state index is 12.1. The van der Waals surface area contributed by atoms with Gasteiger partial charge in [0.05, 0.1) is 0 Å². The van der Waals surface area contributed by atoms with E-state index in [0.717, 1.165) is 11.1 Å². The molecular weight excluding hydrogens is 374 g/mol. The zero-order chi connectivity index (χ0) is 18.9. The zero-order valence-electron chi connectivity index (χ0n) is 16.7. The molecule has 0 fully saturated rings.